The largest absolute Gasteiger partial charge is 0.465 e. The van der Waals surface area contributed by atoms with E-state index in [4.69, 9.17) is 20.2 Å². The molecule has 1 saturated carbocycles. The van der Waals surface area contributed by atoms with Gasteiger partial charge in [0.1, 0.15) is 0 Å². The first kappa shape index (κ1) is 32.0. The van der Waals surface area contributed by atoms with E-state index in [0.29, 0.717) is 67.8 Å². The van der Waals surface area contributed by atoms with Crippen LogP contribution in [0.2, 0.25) is 0 Å². The summed E-state index contributed by atoms with van der Waals surface area (Å²) in [7, 11) is 1.39. The molecule has 2 aromatic carbocycles. The van der Waals surface area contributed by atoms with Gasteiger partial charge < -0.3 is 30.7 Å². The summed E-state index contributed by atoms with van der Waals surface area (Å²) in [5.41, 5.74) is 8.24. The minimum absolute atomic E-state index is 0.0494. The van der Waals surface area contributed by atoms with Gasteiger partial charge in [0.2, 0.25) is 0 Å². The fourth-order valence-electron chi connectivity index (χ4n) is 6.06. The molecular weight excluding hydrogens is 574 g/mol. The fraction of sp³-hybridized carbons (Fsp3) is 0.455. The van der Waals surface area contributed by atoms with E-state index >= 15 is 0 Å². The number of ether oxygens (including phenoxy) is 2. The van der Waals surface area contributed by atoms with E-state index in [-0.39, 0.29) is 35.3 Å². The Bertz CT molecular complexity index is 1490. The van der Waals surface area contributed by atoms with Gasteiger partial charge in [-0.25, -0.2) is 9.78 Å². The van der Waals surface area contributed by atoms with Crippen LogP contribution in [0.15, 0.2) is 48.5 Å². The number of morpholine rings is 1. The lowest BCUT2D eigenvalue weighted by Gasteiger charge is -2.26. The zero-order valence-corrected chi connectivity index (χ0v) is 25.8. The topological polar surface area (TPSA) is 162 Å². The molecule has 3 aromatic rings. The highest BCUT2D eigenvalue weighted by Crippen LogP contribution is 2.31. The Labute approximate surface area is 263 Å². The highest BCUT2D eigenvalue weighted by atomic mass is 16.5. The van der Waals surface area contributed by atoms with Gasteiger partial charge >= 0.3 is 5.97 Å². The zero-order chi connectivity index (χ0) is 31.8. The molecule has 1 aromatic heterocycles. The average molecular weight is 616 g/mol. The van der Waals surface area contributed by atoms with Crippen LogP contribution in [-0.2, 0) is 22.4 Å². The number of hydrogen-bond donors (Lipinski definition) is 3. The minimum Gasteiger partial charge on any atom is -0.465 e. The standard InChI is InChI=1S/C33H41N7O5/c1-21-6-5-8-26(35-20-23-7-3-4-9-27(23)33(43)44-2)18-24(21)19-28-37-31(29(30(34)41)39-38-28)36-25-12-10-22(11-13-25)32(42)40-14-16-45-17-15-40/h3-4,7,9-13,21,24,26,35H,5-6,8,14-20H2,1-2H3,(H2,34,41)(H,36,37,38). The number of nitrogens with one attached hydrogen (secondary N) is 2. The maximum absolute atomic E-state index is 12.8. The van der Waals surface area contributed by atoms with Crippen LogP contribution < -0.4 is 16.4 Å². The van der Waals surface area contributed by atoms with Crippen molar-refractivity contribution in [2.24, 2.45) is 17.6 Å². The fourth-order valence-corrected chi connectivity index (χ4v) is 6.06. The Morgan fingerprint density at radius 2 is 1.80 bits per heavy atom. The second-order valence-corrected chi connectivity index (χ2v) is 11.7. The van der Waals surface area contributed by atoms with Crippen LogP contribution in [0.4, 0.5) is 11.5 Å². The van der Waals surface area contributed by atoms with E-state index in [1.807, 2.05) is 18.2 Å². The van der Waals surface area contributed by atoms with E-state index in [1.54, 1.807) is 35.2 Å². The smallest absolute Gasteiger partial charge is 0.338 e. The third-order valence-electron chi connectivity index (χ3n) is 8.71. The number of nitrogens with two attached hydrogens (primary N) is 1. The molecule has 0 spiro atoms. The summed E-state index contributed by atoms with van der Waals surface area (Å²) in [5, 5.41) is 15.2. The van der Waals surface area contributed by atoms with Gasteiger partial charge in [0.15, 0.2) is 17.3 Å². The van der Waals surface area contributed by atoms with Crippen LogP contribution >= 0.6 is 0 Å². The molecule has 238 valence electrons. The summed E-state index contributed by atoms with van der Waals surface area (Å²) in [4.78, 5) is 43.7. The van der Waals surface area contributed by atoms with Crippen molar-refractivity contribution in [3.05, 3.63) is 76.7 Å². The zero-order valence-electron chi connectivity index (χ0n) is 25.8. The van der Waals surface area contributed by atoms with Crippen molar-refractivity contribution in [1.82, 2.24) is 25.4 Å². The highest BCUT2D eigenvalue weighted by Gasteiger charge is 2.28. The van der Waals surface area contributed by atoms with E-state index < -0.39 is 5.91 Å². The summed E-state index contributed by atoms with van der Waals surface area (Å²) in [6.45, 7) is 5.02. The molecule has 5 rings (SSSR count). The summed E-state index contributed by atoms with van der Waals surface area (Å²) < 4.78 is 10.3. The molecule has 2 amide bonds. The molecule has 1 saturated heterocycles. The van der Waals surface area contributed by atoms with Crippen LogP contribution in [0.5, 0.6) is 0 Å². The lowest BCUT2D eigenvalue weighted by Crippen LogP contribution is -2.40. The number of amides is 2. The van der Waals surface area contributed by atoms with E-state index in [2.05, 4.69) is 27.8 Å². The molecule has 2 fully saturated rings. The predicted molar refractivity (Wildman–Crippen MR) is 168 cm³/mol. The second kappa shape index (κ2) is 15.0. The van der Waals surface area contributed by atoms with Crippen LogP contribution in [0, 0.1) is 11.8 Å². The first-order valence-electron chi connectivity index (χ1n) is 15.5. The number of aromatic nitrogens is 3. The Morgan fingerprint density at radius 1 is 1.04 bits per heavy atom. The molecule has 0 radical (unpaired) electrons. The lowest BCUT2D eigenvalue weighted by molar-refractivity contribution is 0.0303. The first-order chi connectivity index (χ1) is 21.8. The van der Waals surface area contributed by atoms with Crippen molar-refractivity contribution in [3.63, 3.8) is 0 Å². The van der Waals surface area contributed by atoms with Crippen molar-refractivity contribution in [3.8, 4) is 0 Å². The molecule has 2 aliphatic rings. The van der Waals surface area contributed by atoms with Crippen LogP contribution in [0.3, 0.4) is 0 Å². The van der Waals surface area contributed by atoms with Crippen molar-refractivity contribution in [2.45, 2.75) is 51.6 Å². The maximum Gasteiger partial charge on any atom is 0.338 e. The Morgan fingerprint density at radius 3 is 2.53 bits per heavy atom. The first-order valence-corrected chi connectivity index (χ1v) is 15.5. The minimum atomic E-state index is -0.734. The molecule has 3 unspecified atom stereocenters. The molecule has 12 nitrogen and oxygen atoms in total. The van der Waals surface area contributed by atoms with Gasteiger partial charge in [-0.3, -0.25) is 9.59 Å². The van der Waals surface area contributed by atoms with Gasteiger partial charge in [-0.05, 0) is 60.6 Å². The summed E-state index contributed by atoms with van der Waals surface area (Å²) >= 11 is 0. The molecule has 1 aliphatic heterocycles. The number of benzene rings is 2. The number of rotatable bonds is 10. The molecular formula is C33H41N7O5. The number of nitrogens with zero attached hydrogens (tertiary/aromatic N) is 4. The van der Waals surface area contributed by atoms with E-state index in [0.717, 1.165) is 31.2 Å². The molecule has 3 atom stereocenters. The van der Waals surface area contributed by atoms with Crippen molar-refractivity contribution in [2.75, 3.05) is 38.7 Å². The molecule has 45 heavy (non-hydrogen) atoms. The maximum atomic E-state index is 12.8. The van der Waals surface area contributed by atoms with Gasteiger partial charge in [0, 0.05) is 43.3 Å². The van der Waals surface area contributed by atoms with Crippen LogP contribution in [0.1, 0.15) is 75.2 Å². The number of carbonyl (C=O) groups is 3. The SMILES string of the molecule is COC(=O)c1ccccc1CNC1CCCC(C)C(Cc2nnc(C(N)=O)c(Nc3ccc(C(=O)N4CCOCC4)cc3)n2)C1. The Hall–Kier alpha value is -4.42. The summed E-state index contributed by atoms with van der Waals surface area (Å²) in [6, 6.07) is 14.7. The second-order valence-electron chi connectivity index (χ2n) is 11.7. The number of carbonyl (C=O) groups excluding carboxylic acids is 3. The number of esters is 1. The summed E-state index contributed by atoms with van der Waals surface area (Å²) in [5.74, 6) is 0.344. The molecule has 0 bridgehead atoms. The van der Waals surface area contributed by atoms with Gasteiger partial charge in [-0.1, -0.05) is 38.0 Å². The quantitative estimate of drug-likeness (QED) is 0.227. The van der Waals surface area contributed by atoms with Crippen molar-refractivity contribution < 1.29 is 23.9 Å². The number of anilines is 2. The number of methoxy groups -OCH3 is 1. The van der Waals surface area contributed by atoms with Gasteiger partial charge in [0.05, 0.1) is 25.9 Å². The molecule has 1 aliphatic carbocycles. The third-order valence-corrected chi connectivity index (χ3v) is 8.71. The normalized spacial score (nSPS) is 20.2. The molecule has 12 heteroatoms. The molecule has 2 heterocycles. The average Bonchev–Trinajstić information content (AvgIpc) is 3.24. The van der Waals surface area contributed by atoms with Gasteiger partial charge in [-0.15, -0.1) is 10.2 Å². The number of primary amides is 1. The Kier molecular flexibility index (Phi) is 10.7. The summed E-state index contributed by atoms with van der Waals surface area (Å²) in [6.07, 6.45) is 4.69. The van der Waals surface area contributed by atoms with E-state index in [9.17, 15) is 14.4 Å². The third kappa shape index (κ3) is 8.20. The van der Waals surface area contributed by atoms with Crippen LogP contribution in [0.25, 0.3) is 0 Å². The predicted octanol–water partition coefficient (Wildman–Crippen LogP) is 3.50. The van der Waals surface area contributed by atoms with E-state index in [1.165, 1.54) is 7.11 Å². The Balaban J connectivity index is 1.27. The van der Waals surface area contributed by atoms with Crippen LogP contribution in [-0.4, -0.2) is 77.3 Å². The highest BCUT2D eigenvalue weighted by molar-refractivity contribution is 5.96. The van der Waals surface area contributed by atoms with Gasteiger partial charge in [-0.2, -0.15) is 0 Å². The van der Waals surface area contributed by atoms with Crippen molar-refractivity contribution in [1.29, 1.82) is 0 Å². The van der Waals surface area contributed by atoms with Gasteiger partial charge in [0.25, 0.3) is 11.8 Å². The number of hydrogen-bond acceptors (Lipinski definition) is 10. The van der Waals surface area contributed by atoms with Crippen molar-refractivity contribution >= 4 is 29.3 Å². The monoisotopic (exact) mass is 615 g/mol. The molecule has 4 N–H and O–H groups in total. The lowest BCUT2D eigenvalue weighted by atomic mass is 9.86.